The number of ether oxygens (including phenoxy) is 1. The number of piperidine rings is 1. The summed E-state index contributed by atoms with van der Waals surface area (Å²) < 4.78 is 5.52. The zero-order valence-corrected chi connectivity index (χ0v) is 16.5. The van der Waals surface area contributed by atoms with Gasteiger partial charge in [-0.05, 0) is 73.9 Å². The summed E-state index contributed by atoms with van der Waals surface area (Å²) in [6.07, 6.45) is 5.68. The lowest BCUT2D eigenvalue weighted by molar-refractivity contribution is -0.121. The highest BCUT2D eigenvalue weighted by atomic mass is 16.5. The van der Waals surface area contributed by atoms with E-state index in [-0.39, 0.29) is 11.8 Å². The molecule has 1 spiro atoms. The van der Waals surface area contributed by atoms with Gasteiger partial charge >= 0.3 is 0 Å². The van der Waals surface area contributed by atoms with Crippen molar-refractivity contribution in [1.29, 1.82) is 0 Å². The second kappa shape index (κ2) is 6.93. The molecule has 1 unspecified atom stereocenters. The molecule has 1 atom stereocenters. The first kappa shape index (κ1) is 17.7. The summed E-state index contributed by atoms with van der Waals surface area (Å²) in [4.78, 5) is 15.2. The molecular formula is C24H28N2O2. The number of aryl methyl sites for hydroxylation is 1. The van der Waals surface area contributed by atoms with Crippen LogP contribution in [0.5, 0.6) is 5.75 Å². The summed E-state index contributed by atoms with van der Waals surface area (Å²) in [6.45, 7) is 2.99. The predicted octanol–water partition coefficient (Wildman–Crippen LogP) is 3.79. The maximum Gasteiger partial charge on any atom is 0.229 e. The average Bonchev–Trinajstić information content (AvgIpc) is 3.08. The SMILES string of the molecule is COc1cccc2c1CC(CN1CCC3(CCc4ccccc43)CC1)C(=O)N2. The van der Waals surface area contributed by atoms with Crippen LogP contribution in [-0.2, 0) is 23.1 Å². The molecule has 0 bridgehead atoms. The molecule has 0 saturated carbocycles. The van der Waals surface area contributed by atoms with E-state index in [0.29, 0.717) is 5.41 Å². The number of hydrogen-bond acceptors (Lipinski definition) is 3. The Labute approximate surface area is 166 Å². The van der Waals surface area contributed by atoms with E-state index in [1.165, 1.54) is 25.7 Å². The van der Waals surface area contributed by atoms with Gasteiger partial charge in [0.1, 0.15) is 5.75 Å². The van der Waals surface area contributed by atoms with Crippen molar-refractivity contribution in [1.82, 2.24) is 4.90 Å². The second-order valence-electron chi connectivity index (χ2n) is 8.61. The van der Waals surface area contributed by atoms with Crippen molar-refractivity contribution in [3.63, 3.8) is 0 Å². The first-order valence-corrected chi connectivity index (χ1v) is 10.5. The monoisotopic (exact) mass is 376 g/mol. The minimum absolute atomic E-state index is 0.00582. The molecule has 1 amide bonds. The Morgan fingerprint density at radius 3 is 2.75 bits per heavy atom. The second-order valence-corrected chi connectivity index (χ2v) is 8.61. The van der Waals surface area contributed by atoms with Gasteiger partial charge < -0.3 is 15.0 Å². The highest BCUT2D eigenvalue weighted by molar-refractivity contribution is 5.96. The fraction of sp³-hybridized carbons (Fsp3) is 0.458. The lowest BCUT2D eigenvalue weighted by Crippen LogP contribution is -2.46. The molecule has 5 rings (SSSR count). The molecule has 28 heavy (non-hydrogen) atoms. The molecule has 2 heterocycles. The lowest BCUT2D eigenvalue weighted by Gasteiger charge is -2.41. The minimum Gasteiger partial charge on any atom is -0.496 e. The van der Waals surface area contributed by atoms with Crippen molar-refractivity contribution in [2.45, 2.75) is 37.5 Å². The highest BCUT2D eigenvalue weighted by Gasteiger charge is 2.41. The summed E-state index contributed by atoms with van der Waals surface area (Å²) in [5, 5.41) is 3.09. The molecule has 1 fully saturated rings. The van der Waals surface area contributed by atoms with Crippen molar-refractivity contribution < 1.29 is 9.53 Å². The van der Waals surface area contributed by atoms with E-state index in [1.54, 1.807) is 18.2 Å². The molecule has 2 aromatic rings. The third-order valence-electron chi connectivity index (χ3n) is 7.19. The number of nitrogens with zero attached hydrogens (tertiary/aromatic N) is 1. The zero-order valence-electron chi connectivity index (χ0n) is 16.5. The summed E-state index contributed by atoms with van der Waals surface area (Å²) in [7, 11) is 1.70. The fourth-order valence-corrected chi connectivity index (χ4v) is 5.56. The third kappa shape index (κ3) is 2.91. The van der Waals surface area contributed by atoms with Crippen LogP contribution in [0, 0.1) is 5.92 Å². The largest absolute Gasteiger partial charge is 0.496 e. The number of anilines is 1. The third-order valence-corrected chi connectivity index (χ3v) is 7.19. The number of fused-ring (bicyclic) bond motifs is 3. The van der Waals surface area contributed by atoms with Gasteiger partial charge in [-0.1, -0.05) is 30.3 Å². The van der Waals surface area contributed by atoms with E-state index >= 15 is 0 Å². The molecule has 1 N–H and O–H groups in total. The molecule has 4 nitrogen and oxygen atoms in total. The Balaban J connectivity index is 1.27. The number of carbonyl (C=O) groups is 1. The van der Waals surface area contributed by atoms with Gasteiger partial charge in [-0.3, -0.25) is 4.79 Å². The van der Waals surface area contributed by atoms with Crippen LogP contribution >= 0.6 is 0 Å². The summed E-state index contributed by atoms with van der Waals surface area (Å²) in [5.41, 5.74) is 5.54. The van der Waals surface area contributed by atoms with E-state index in [9.17, 15) is 4.79 Å². The van der Waals surface area contributed by atoms with Crippen molar-refractivity contribution in [3.05, 3.63) is 59.2 Å². The minimum atomic E-state index is -0.00582. The number of hydrogen-bond donors (Lipinski definition) is 1. The Morgan fingerprint density at radius 1 is 1.11 bits per heavy atom. The molecule has 1 saturated heterocycles. The molecular weight excluding hydrogens is 348 g/mol. The predicted molar refractivity (Wildman–Crippen MR) is 111 cm³/mol. The Hall–Kier alpha value is -2.33. The molecule has 2 aromatic carbocycles. The molecule has 4 heteroatoms. The van der Waals surface area contributed by atoms with Gasteiger partial charge in [-0.25, -0.2) is 0 Å². The van der Waals surface area contributed by atoms with Crippen LogP contribution in [0.1, 0.15) is 36.0 Å². The Kier molecular flexibility index (Phi) is 4.39. The Bertz CT molecular complexity index is 899. The smallest absolute Gasteiger partial charge is 0.229 e. The quantitative estimate of drug-likeness (QED) is 0.886. The van der Waals surface area contributed by atoms with Crippen LogP contribution in [-0.4, -0.2) is 37.6 Å². The van der Waals surface area contributed by atoms with Gasteiger partial charge in [0.25, 0.3) is 0 Å². The van der Waals surface area contributed by atoms with Crippen molar-refractivity contribution in [2.75, 3.05) is 32.1 Å². The lowest BCUT2D eigenvalue weighted by atomic mass is 9.73. The van der Waals surface area contributed by atoms with Gasteiger partial charge in [0.2, 0.25) is 5.91 Å². The molecule has 0 radical (unpaired) electrons. The van der Waals surface area contributed by atoms with Crippen LogP contribution in [0.15, 0.2) is 42.5 Å². The van der Waals surface area contributed by atoms with E-state index in [2.05, 4.69) is 34.5 Å². The van der Waals surface area contributed by atoms with Gasteiger partial charge in [0.05, 0.1) is 13.0 Å². The summed E-state index contributed by atoms with van der Waals surface area (Å²) >= 11 is 0. The fourth-order valence-electron chi connectivity index (χ4n) is 5.56. The summed E-state index contributed by atoms with van der Waals surface area (Å²) in [6, 6.07) is 14.9. The normalized spacial score (nSPS) is 23.2. The number of methoxy groups -OCH3 is 1. The Morgan fingerprint density at radius 2 is 1.93 bits per heavy atom. The van der Waals surface area contributed by atoms with Crippen LogP contribution in [0.4, 0.5) is 5.69 Å². The van der Waals surface area contributed by atoms with Crippen LogP contribution in [0.2, 0.25) is 0 Å². The van der Waals surface area contributed by atoms with Crippen molar-refractivity contribution in [2.24, 2.45) is 5.92 Å². The van der Waals surface area contributed by atoms with Crippen LogP contribution in [0.3, 0.4) is 0 Å². The van der Waals surface area contributed by atoms with E-state index in [4.69, 9.17) is 4.74 Å². The van der Waals surface area contributed by atoms with Gasteiger partial charge in [-0.15, -0.1) is 0 Å². The zero-order chi connectivity index (χ0) is 19.1. The van der Waals surface area contributed by atoms with Crippen LogP contribution < -0.4 is 10.1 Å². The van der Waals surface area contributed by atoms with Gasteiger partial charge in [0, 0.05) is 17.8 Å². The van der Waals surface area contributed by atoms with Crippen molar-refractivity contribution in [3.8, 4) is 5.75 Å². The molecule has 0 aromatic heterocycles. The highest BCUT2D eigenvalue weighted by Crippen LogP contribution is 2.46. The van der Waals surface area contributed by atoms with E-state index in [1.807, 2.05) is 18.2 Å². The maximum absolute atomic E-state index is 12.7. The number of carbonyl (C=O) groups excluding carboxylic acids is 1. The van der Waals surface area contributed by atoms with Crippen LogP contribution in [0.25, 0.3) is 0 Å². The molecule has 146 valence electrons. The van der Waals surface area contributed by atoms with Crippen molar-refractivity contribution >= 4 is 11.6 Å². The molecule has 1 aliphatic carbocycles. The van der Waals surface area contributed by atoms with Gasteiger partial charge in [-0.2, -0.15) is 0 Å². The number of benzene rings is 2. The number of likely N-dealkylation sites (tertiary alicyclic amines) is 1. The average molecular weight is 377 g/mol. The topological polar surface area (TPSA) is 41.6 Å². The van der Waals surface area contributed by atoms with E-state index in [0.717, 1.165) is 43.1 Å². The molecule has 3 aliphatic rings. The number of rotatable bonds is 3. The standard InChI is InChI=1S/C24H28N2O2/c1-28-22-8-4-7-21-19(22)15-18(23(27)25-21)16-26-13-11-24(12-14-26)10-9-17-5-2-3-6-20(17)24/h2-8,18H,9-16H2,1H3,(H,25,27). The summed E-state index contributed by atoms with van der Waals surface area (Å²) in [5.74, 6) is 1.02. The first-order valence-electron chi connectivity index (χ1n) is 10.5. The number of nitrogens with one attached hydrogen (secondary N) is 1. The van der Waals surface area contributed by atoms with E-state index < -0.39 is 0 Å². The van der Waals surface area contributed by atoms with Gasteiger partial charge in [0.15, 0.2) is 0 Å². The first-order chi connectivity index (χ1) is 13.7. The number of amides is 1. The maximum atomic E-state index is 12.7. The molecule has 2 aliphatic heterocycles.